The third-order valence-corrected chi connectivity index (χ3v) is 1.19. The predicted molar refractivity (Wildman–Crippen MR) is 39.0 cm³/mol. The van der Waals surface area contributed by atoms with Crippen LogP contribution in [0, 0.1) is 0 Å². The van der Waals surface area contributed by atoms with Gasteiger partial charge in [0.25, 0.3) is 0 Å². The summed E-state index contributed by atoms with van der Waals surface area (Å²) in [7, 11) is 0. The molecule has 1 rings (SSSR count). The topological polar surface area (TPSA) is 50.7 Å². The Labute approximate surface area is 54.7 Å². The van der Waals surface area contributed by atoms with Crippen molar-refractivity contribution in [2.75, 3.05) is 0 Å². The molecule has 9 heavy (non-hydrogen) atoms. The Kier molecular flexibility index (Phi) is 1.37. The number of hydrogen-bond donors (Lipinski definition) is 1. The third kappa shape index (κ3) is 1.36. The fraction of sp³-hybridized carbons (Fsp3) is 0.667. The molecule has 0 spiro atoms. The molecule has 0 fully saturated rings. The van der Waals surface area contributed by atoms with Crippen LogP contribution in [0.4, 0.5) is 0 Å². The second-order valence-electron chi connectivity index (χ2n) is 2.79. The van der Waals surface area contributed by atoms with E-state index in [-0.39, 0.29) is 11.7 Å². The standard InChI is InChI=1S/C6H11N3/c1-6(2,7)5-8-3-4-9-5/h3-5H,7H2,1-2H3. The van der Waals surface area contributed by atoms with Crippen LogP contribution in [0.3, 0.4) is 0 Å². The summed E-state index contributed by atoms with van der Waals surface area (Å²) >= 11 is 0. The number of rotatable bonds is 1. The fourth-order valence-electron chi connectivity index (χ4n) is 0.663. The van der Waals surface area contributed by atoms with E-state index in [0.29, 0.717) is 0 Å². The molecule has 1 heterocycles. The van der Waals surface area contributed by atoms with Crippen LogP contribution in [0.5, 0.6) is 0 Å². The van der Waals surface area contributed by atoms with Crippen LogP contribution in [0.2, 0.25) is 0 Å². The highest BCUT2D eigenvalue weighted by atomic mass is 15.1. The summed E-state index contributed by atoms with van der Waals surface area (Å²) in [4.78, 5) is 8.07. The Balaban J connectivity index is 2.64. The van der Waals surface area contributed by atoms with E-state index in [4.69, 9.17) is 5.73 Å². The molecule has 0 atom stereocenters. The lowest BCUT2D eigenvalue weighted by atomic mass is 10.0. The minimum absolute atomic E-state index is 0.0718. The van der Waals surface area contributed by atoms with Crippen molar-refractivity contribution in [3.8, 4) is 0 Å². The Bertz CT molecular complexity index is 140. The van der Waals surface area contributed by atoms with Crippen LogP contribution >= 0.6 is 0 Å². The monoisotopic (exact) mass is 125 g/mol. The van der Waals surface area contributed by atoms with E-state index in [1.807, 2.05) is 13.8 Å². The first kappa shape index (κ1) is 6.42. The maximum absolute atomic E-state index is 5.71. The summed E-state index contributed by atoms with van der Waals surface area (Å²) in [5.74, 6) is 0. The lowest BCUT2D eigenvalue weighted by Crippen LogP contribution is -2.42. The minimum atomic E-state index is -0.316. The Morgan fingerprint density at radius 3 is 2.00 bits per heavy atom. The zero-order chi connectivity index (χ0) is 6.91. The van der Waals surface area contributed by atoms with Crippen molar-refractivity contribution >= 4 is 12.4 Å². The molecule has 3 heteroatoms. The van der Waals surface area contributed by atoms with Gasteiger partial charge in [-0.1, -0.05) is 0 Å². The van der Waals surface area contributed by atoms with Crippen molar-refractivity contribution in [3.05, 3.63) is 0 Å². The van der Waals surface area contributed by atoms with Gasteiger partial charge in [0.2, 0.25) is 0 Å². The molecule has 0 aliphatic carbocycles. The molecular weight excluding hydrogens is 114 g/mol. The molecule has 0 bridgehead atoms. The van der Waals surface area contributed by atoms with E-state index < -0.39 is 0 Å². The molecule has 1 aliphatic heterocycles. The smallest absolute Gasteiger partial charge is 0.156 e. The molecule has 0 aromatic rings. The van der Waals surface area contributed by atoms with Gasteiger partial charge >= 0.3 is 0 Å². The van der Waals surface area contributed by atoms with Crippen molar-refractivity contribution in [2.24, 2.45) is 15.7 Å². The van der Waals surface area contributed by atoms with E-state index in [1.165, 1.54) is 0 Å². The highest BCUT2D eigenvalue weighted by molar-refractivity contribution is 6.17. The fourth-order valence-corrected chi connectivity index (χ4v) is 0.663. The molecule has 50 valence electrons. The lowest BCUT2D eigenvalue weighted by Gasteiger charge is -2.20. The lowest BCUT2D eigenvalue weighted by molar-refractivity contribution is 0.428. The number of hydrogen-bond acceptors (Lipinski definition) is 3. The first-order chi connectivity index (χ1) is 4.11. The van der Waals surface area contributed by atoms with Crippen molar-refractivity contribution in [1.29, 1.82) is 0 Å². The summed E-state index contributed by atoms with van der Waals surface area (Å²) in [6.07, 6.45) is 3.29. The Morgan fingerprint density at radius 1 is 1.33 bits per heavy atom. The second kappa shape index (κ2) is 1.92. The van der Waals surface area contributed by atoms with Gasteiger partial charge in [0, 0.05) is 12.4 Å². The average molecular weight is 125 g/mol. The van der Waals surface area contributed by atoms with E-state index in [9.17, 15) is 0 Å². The number of nitrogens with zero attached hydrogens (tertiary/aromatic N) is 2. The van der Waals surface area contributed by atoms with Crippen LogP contribution in [0.1, 0.15) is 13.8 Å². The summed E-state index contributed by atoms with van der Waals surface area (Å²) in [5.41, 5.74) is 5.40. The zero-order valence-corrected chi connectivity index (χ0v) is 5.70. The first-order valence-corrected chi connectivity index (χ1v) is 2.94. The molecule has 0 amide bonds. The van der Waals surface area contributed by atoms with Gasteiger partial charge in [-0.25, -0.2) is 0 Å². The summed E-state index contributed by atoms with van der Waals surface area (Å²) in [5, 5.41) is 0. The summed E-state index contributed by atoms with van der Waals surface area (Å²) < 4.78 is 0. The molecule has 0 radical (unpaired) electrons. The van der Waals surface area contributed by atoms with Gasteiger partial charge in [-0.15, -0.1) is 0 Å². The van der Waals surface area contributed by atoms with Crippen molar-refractivity contribution in [2.45, 2.75) is 25.6 Å². The van der Waals surface area contributed by atoms with Gasteiger partial charge in [0.1, 0.15) is 0 Å². The molecule has 1 aliphatic rings. The quantitative estimate of drug-likeness (QED) is 0.535. The van der Waals surface area contributed by atoms with E-state index >= 15 is 0 Å². The molecule has 0 unspecified atom stereocenters. The Hall–Kier alpha value is -0.700. The predicted octanol–water partition coefficient (Wildman–Crippen LogP) is 0.205. The third-order valence-electron chi connectivity index (χ3n) is 1.19. The minimum Gasteiger partial charge on any atom is -0.322 e. The molecule has 3 nitrogen and oxygen atoms in total. The summed E-state index contributed by atoms with van der Waals surface area (Å²) in [6, 6.07) is 0. The SMILES string of the molecule is CC(C)(N)C1N=CC=N1. The molecular formula is C6H11N3. The zero-order valence-electron chi connectivity index (χ0n) is 5.70. The van der Waals surface area contributed by atoms with Crippen LogP contribution in [0.25, 0.3) is 0 Å². The Morgan fingerprint density at radius 2 is 1.78 bits per heavy atom. The molecule has 0 saturated carbocycles. The van der Waals surface area contributed by atoms with Crippen LogP contribution in [-0.4, -0.2) is 24.1 Å². The van der Waals surface area contributed by atoms with Gasteiger partial charge in [-0.05, 0) is 13.8 Å². The number of aliphatic imine (C=N–C) groups is 2. The first-order valence-electron chi connectivity index (χ1n) is 2.94. The van der Waals surface area contributed by atoms with E-state index in [0.717, 1.165) is 0 Å². The van der Waals surface area contributed by atoms with Crippen molar-refractivity contribution < 1.29 is 0 Å². The van der Waals surface area contributed by atoms with Gasteiger partial charge in [-0.2, -0.15) is 0 Å². The van der Waals surface area contributed by atoms with Crippen LogP contribution in [0.15, 0.2) is 9.98 Å². The number of nitrogens with two attached hydrogens (primary N) is 1. The summed E-state index contributed by atoms with van der Waals surface area (Å²) in [6.45, 7) is 3.83. The van der Waals surface area contributed by atoms with Crippen molar-refractivity contribution in [1.82, 2.24) is 0 Å². The highest BCUT2D eigenvalue weighted by Gasteiger charge is 2.23. The van der Waals surface area contributed by atoms with E-state index in [2.05, 4.69) is 9.98 Å². The van der Waals surface area contributed by atoms with Gasteiger partial charge < -0.3 is 5.73 Å². The largest absolute Gasteiger partial charge is 0.322 e. The van der Waals surface area contributed by atoms with Gasteiger partial charge in [0.05, 0.1) is 5.54 Å². The van der Waals surface area contributed by atoms with Gasteiger partial charge in [-0.3, -0.25) is 9.98 Å². The van der Waals surface area contributed by atoms with Gasteiger partial charge in [0.15, 0.2) is 6.17 Å². The van der Waals surface area contributed by atoms with Crippen LogP contribution in [-0.2, 0) is 0 Å². The normalized spacial score (nSPS) is 19.4. The second-order valence-corrected chi connectivity index (χ2v) is 2.79. The van der Waals surface area contributed by atoms with Crippen molar-refractivity contribution in [3.63, 3.8) is 0 Å². The highest BCUT2D eigenvalue weighted by Crippen LogP contribution is 2.11. The van der Waals surface area contributed by atoms with E-state index in [1.54, 1.807) is 12.4 Å². The molecule has 0 saturated heterocycles. The molecule has 2 N–H and O–H groups in total. The van der Waals surface area contributed by atoms with Crippen LogP contribution < -0.4 is 5.73 Å². The molecule has 0 aromatic carbocycles. The maximum atomic E-state index is 5.71. The maximum Gasteiger partial charge on any atom is 0.156 e. The average Bonchev–Trinajstić information content (AvgIpc) is 2.08. The molecule has 0 aromatic heterocycles.